The average Bonchev–Trinajstić information content (AvgIpc) is 2.65. The predicted molar refractivity (Wildman–Crippen MR) is 99.7 cm³/mol. The highest BCUT2D eigenvalue weighted by atomic mass is 16.5. The molecule has 0 unspecified atom stereocenters. The molecule has 3 rings (SSSR count). The van der Waals surface area contributed by atoms with Crippen molar-refractivity contribution in [2.24, 2.45) is 0 Å². The van der Waals surface area contributed by atoms with E-state index in [1.807, 2.05) is 6.92 Å². The molecule has 134 valence electrons. The molecule has 0 saturated carbocycles. The van der Waals surface area contributed by atoms with Crippen LogP contribution in [0.2, 0.25) is 0 Å². The van der Waals surface area contributed by atoms with Gasteiger partial charge in [0.25, 0.3) is 5.91 Å². The van der Waals surface area contributed by atoms with Crippen molar-refractivity contribution in [3.05, 3.63) is 74.7 Å². The van der Waals surface area contributed by atoms with Crippen molar-refractivity contribution >= 4 is 23.0 Å². The van der Waals surface area contributed by atoms with Crippen LogP contribution in [-0.4, -0.2) is 22.1 Å². The van der Waals surface area contributed by atoms with Gasteiger partial charge in [-0.1, -0.05) is 12.0 Å². The lowest BCUT2D eigenvalue weighted by Crippen LogP contribution is -2.29. The molecule has 2 heterocycles. The highest BCUT2D eigenvalue weighted by Gasteiger charge is 2.14. The molecular formula is C20H14N2O5. The first kappa shape index (κ1) is 17.9. The zero-order valence-electron chi connectivity index (χ0n) is 14.3. The molecule has 7 heteroatoms. The minimum Gasteiger partial charge on any atom is -0.481 e. The van der Waals surface area contributed by atoms with Crippen LogP contribution in [-0.2, 0) is 0 Å². The third kappa shape index (κ3) is 3.70. The van der Waals surface area contributed by atoms with Crippen LogP contribution in [0, 0.1) is 19.3 Å². The van der Waals surface area contributed by atoms with Crippen molar-refractivity contribution in [1.29, 1.82) is 0 Å². The molecule has 0 aliphatic rings. The van der Waals surface area contributed by atoms with E-state index in [1.54, 1.807) is 18.2 Å². The zero-order chi connectivity index (χ0) is 19.4. The summed E-state index contributed by atoms with van der Waals surface area (Å²) in [6.07, 6.45) is 9.29. The molecule has 2 aromatic heterocycles. The van der Waals surface area contributed by atoms with E-state index in [4.69, 9.17) is 11.2 Å². The molecule has 1 aromatic carbocycles. The van der Waals surface area contributed by atoms with Crippen LogP contribution in [0.15, 0.2) is 56.6 Å². The number of nitrogens with zero attached hydrogens (tertiary/aromatic N) is 2. The summed E-state index contributed by atoms with van der Waals surface area (Å²) >= 11 is 0. The lowest BCUT2D eigenvalue weighted by molar-refractivity contribution is 0.0960. The quantitative estimate of drug-likeness (QED) is 0.521. The standard InChI is InChI=1S/C20H14N2O5/c1-3-11-26-16-8-6-14(12-13(16)2)7-9-17(23)22-18-15(5-4-10-21-18)19(24)27-20(22)25/h1,4-10,12H,11H2,2H3/b9-7+. The van der Waals surface area contributed by atoms with Crippen LogP contribution >= 0.6 is 0 Å². The molecule has 0 N–H and O–H groups in total. The number of pyridine rings is 1. The van der Waals surface area contributed by atoms with Gasteiger partial charge in [0.2, 0.25) is 0 Å². The minimum absolute atomic E-state index is 0.0460. The van der Waals surface area contributed by atoms with Crippen LogP contribution in [0.1, 0.15) is 15.9 Å². The Morgan fingerprint density at radius 1 is 1.37 bits per heavy atom. The van der Waals surface area contributed by atoms with Gasteiger partial charge in [0, 0.05) is 12.3 Å². The van der Waals surface area contributed by atoms with Crippen LogP contribution in [0.5, 0.6) is 5.75 Å². The summed E-state index contributed by atoms with van der Waals surface area (Å²) in [7, 11) is 0. The fourth-order valence-corrected chi connectivity index (χ4v) is 2.49. The summed E-state index contributed by atoms with van der Waals surface area (Å²) in [6.45, 7) is 2.01. The van der Waals surface area contributed by atoms with Crippen LogP contribution in [0.25, 0.3) is 17.1 Å². The number of aryl methyl sites for hydroxylation is 1. The van der Waals surface area contributed by atoms with Gasteiger partial charge >= 0.3 is 11.4 Å². The Balaban J connectivity index is 1.94. The van der Waals surface area contributed by atoms with E-state index in [0.717, 1.165) is 11.1 Å². The number of carbonyl (C=O) groups is 1. The van der Waals surface area contributed by atoms with E-state index in [2.05, 4.69) is 15.3 Å². The fourth-order valence-electron chi connectivity index (χ4n) is 2.49. The average molecular weight is 362 g/mol. The monoisotopic (exact) mass is 362 g/mol. The Morgan fingerprint density at radius 2 is 2.19 bits per heavy atom. The Labute approximate surface area is 153 Å². The van der Waals surface area contributed by atoms with Gasteiger partial charge in [-0.05, 0) is 48.4 Å². The molecule has 0 bridgehead atoms. The number of terminal acetylenes is 1. The molecular weight excluding hydrogens is 348 g/mol. The number of fused-ring (bicyclic) bond motifs is 1. The van der Waals surface area contributed by atoms with Crippen LogP contribution < -0.4 is 16.1 Å². The largest absolute Gasteiger partial charge is 0.481 e. The Bertz CT molecular complexity index is 1210. The third-order valence-electron chi connectivity index (χ3n) is 3.73. The second kappa shape index (κ2) is 7.54. The van der Waals surface area contributed by atoms with Gasteiger partial charge in [-0.3, -0.25) is 4.79 Å². The number of rotatable bonds is 4. The van der Waals surface area contributed by atoms with Crippen molar-refractivity contribution < 1.29 is 13.9 Å². The molecule has 0 fully saturated rings. The molecule has 27 heavy (non-hydrogen) atoms. The molecule has 0 atom stereocenters. The highest BCUT2D eigenvalue weighted by molar-refractivity contribution is 5.98. The highest BCUT2D eigenvalue weighted by Crippen LogP contribution is 2.19. The summed E-state index contributed by atoms with van der Waals surface area (Å²) in [5, 5.41) is 0.0460. The number of ether oxygens (including phenoxy) is 1. The van der Waals surface area contributed by atoms with E-state index in [1.165, 1.54) is 30.5 Å². The Morgan fingerprint density at radius 3 is 2.93 bits per heavy atom. The molecule has 0 spiro atoms. The van der Waals surface area contributed by atoms with E-state index in [-0.39, 0.29) is 17.6 Å². The lowest BCUT2D eigenvalue weighted by atomic mass is 10.1. The number of carbonyl (C=O) groups excluding carboxylic acids is 1. The van der Waals surface area contributed by atoms with Crippen molar-refractivity contribution in [3.8, 4) is 18.1 Å². The minimum atomic E-state index is -1.09. The SMILES string of the molecule is C#CCOc1ccc(/C=C/C(=O)n2c(=O)oc(=O)c3cccnc32)cc1C. The van der Waals surface area contributed by atoms with Crippen molar-refractivity contribution in [1.82, 2.24) is 9.55 Å². The summed E-state index contributed by atoms with van der Waals surface area (Å²) in [6, 6.07) is 8.23. The normalized spacial score (nSPS) is 10.8. The molecule has 7 nitrogen and oxygen atoms in total. The number of benzene rings is 1. The summed E-state index contributed by atoms with van der Waals surface area (Å²) in [4.78, 5) is 40.1. The van der Waals surface area contributed by atoms with E-state index in [9.17, 15) is 14.4 Å². The Hall–Kier alpha value is -3.92. The smallest absolute Gasteiger partial charge is 0.430 e. The summed E-state index contributed by atoms with van der Waals surface area (Å²) in [5.41, 5.74) is 0.670. The number of hydrogen-bond acceptors (Lipinski definition) is 6. The van der Waals surface area contributed by atoms with Crippen molar-refractivity contribution in [3.63, 3.8) is 0 Å². The lowest BCUT2D eigenvalue weighted by Gasteiger charge is -2.07. The van der Waals surface area contributed by atoms with E-state index in [0.29, 0.717) is 10.3 Å². The predicted octanol–water partition coefficient (Wildman–Crippen LogP) is 2.02. The molecule has 0 aliphatic carbocycles. The van der Waals surface area contributed by atoms with E-state index >= 15 is 0 Å². The first-order valence-corrected chi connectivity index (χ1v) is 7.91. The third-order valence-corrected chi connectivity index (χ3v) is 3.73. The first-order chi connectivity index (χ1) is 13.0. The van der Waals surface area contributed by atoms with Gasteiger partial charge in [-0.15, -0.1) is 6.42 Å². The maximum atomic E-state index is 12.5. The topological polar surface area (TPSA) is 91.4 Å². The van der Waals surface area contributed by atoms with Crippen LogP contribution in [0.3, 0.4) is 0 Å². The second-order valence-electron chi connectivity index (χ2n) is 5.55. The zero-order valence-corrected chi connectivity index (χ0v) is 14.3. The molecule has 0 saturated heterocycles. The number of allylic oxidation sites excluding steroid dienone is 1. The second-order valence-corrected chi connectivity index (χ2v) is 5.55. The van der Waals surface area contributed by atoms with E-state index < -0.39 is 17.3 Å². The van der Waals surface area contributed by atoms with Gasteiger partial charge < -0.3 is 9.15 Å². The Kier molecular flexibility index (Phi) is 4.99. The number of hydrogen-bond donors (Lipinski definition) is 0. The van der Waals surface area contributed by atoms with Crippen LogP contribution in [0.4, 0.5) is 0 Å². The van der Waals surface area contributed by atoms with Gasteiger partial charge in [0.05, 0.1) is 0 Å². The van der Waals surface area contributed by atoms with Gasteiger partial charge in [-0.2, -0.15) is 4.57 Å². The maximum absolute atomic E-state index is 12.5. The number of aromatic nitrogens is 2. The molecule has 0 radical (unpaired) electrons. The molecule has 0 amide bonds. The summed E-state index contributed by atoms with van der Waals surface area (Å²) < 4.78 is 10.7. The van der Waals surface area contributed by atoms with Crippen molar-refractivity contribution in [2.45, 2.75) is 6.92 Å². The van der Waals surface area contributed by atoms with Gasteiger partial charge in [-0.25, -0.2) is 14.6 Å². The summed E-state index contributed by atoms with van der Waals surface area (Å²) in [5.74, 6) is 1.27. The first-order valence-electron chi connectivity index (χ1n) is 7.91. The molecule has 3 aromatic rings. The maximum Gasteiger partial charge on any atom is 0.430 e. The van der Waals surface area contributed by atoms with Crippen molar-refractivity contribution in [2.75, 3.05) is 6.61 Å². The molecule has 0 aliphatic heterocycles. The fraction of sp³-hybridized carbons (Fsp3) is 0.100. The van der Waals surface area contributed by atoms with Gasteiger partial charge in [0.15, 0.2) is 5.65 Å². The van der Waals surface area contributed by atoms with Gasteiger partial charge in [0.1, 0.15) is 17.7 Å².